The molecule has 3 aromatic heterocycles. The van der Waals surface area contributed by atoms with Gasteiger partial charge >= 0.3 is 0 Å². The van der Waals surface area contributed by atoms with E-state index >= 15 is 0 Å². The van der Waals surface area contributed by atoms with E-state index in [9.17, 15) is 0 Å². The Morgan fingerprint density at radius 3 is 2.44 bits per heavy atom. The fourth-order valence-electron chi connectivity index (χ4n) is 3.20. The number of hydrogen-bond donors (Lipinski definition) is 0. The summed E-state index contributed by atoms with van der Waals surface area (Å²) in [5.74, 6) is 0.480. The Morgan fingerprint density at radius 1 is 1.20 bits per heavy atom. The van der Waals surface area contributed by atoms with E-state index in [1.54, 1.807) is 11.3 Å². The van der Waals surface area contributed by atoms with E-state index in [0.29, 0.717) is 11.1 Å². The van der Waals surface area contributed by atoms with E-state index < -0.39 is 0 Å². The number of nitrogens with zero attached hydrogens (tertiary/aromatic N) is 5. The third kappa shape index (κ3) is 3.13. The normalized spacial score (nSPS) is 11.7. The highest BCUT2D eigenvalue weighted by Crippen LogP contribution is 2.39. The Kier molecular flexibility index (Phi) is 5.02. The van der Waals surface area contributed by atoms with Crippen molar-refractivity contribution < 1.29 is 0 Å². The van der Waals surface area contributed by atoms with Crippen molar-refractivity contribution >= 4 is 33.7 Å². The lowest BCUT2D eigenvalue weighted by Gasteiger charge is -2.14. The number of imidazole rings is 1. The van der Waals surface area contributed by atoms with Gasteiger partial charge < -0.3 is 4.90 Å². The van der Waals surface area contributed by atoms with Crippen LogP contribution in [0, 0.1) is 13.8 Å². The Bertz CT molecular complexity index is 908. The summed E-state index contributed by atoms with van der Waals surface area (Å²) in [7, 11) is 3.93. The molecule has 25 heavy (non-hydrogen) atoms. The summed E-state index contributed by atoms with van der Waals surface area (Å²) in [6.45, 7) is 8.49. The van der Waals surface area contributed by atoms with E-state index in [1.807, 2.05) is 37.4 Å². The Balaban J connectivity index is 2.29. The van der Waals surface area contributed by atoms with Crippen LogP contribution in [0.4, 0.5) is 5.13 Å². The monoisotopic (exact) mass is 377 g/mol. The molecule has 0 saturated heterocycles. The minimum atomic E-state index is 0.480. The molecule has 0 aromatic carbocycles. The molecule has 0 aliphatic carbocycles. The largest absolute Gasteiger partial charge is 0.354 e. The standard InChI is InChI=1S/C18H24ClN5S/c1-7-12(8-2)13-9-10(3)22-24-14(11(4)20-17(13)24)15-16(19)21-18(25-15)23(5)6/h9,12H,7-8H2,1-6H3. The second kappa shape index (κ2) is 6.92. The van der Waals surface area contributed by atoms with Gasteiger partial charge in [0.25, 0.3) is 0 Å². The summed E-state index contributed by atoms with van der Waals surface area (Å²) in [6.07, 6.45) is 2.17. The smallest absolute Gasteiger partial charge is 0.186 e. The molecule has 0 unspecified atom stereocenters. The zero-order valence-corrected chi connectivity index (χ0v) is 17.2. The predicted octanol–water partition coefficient (Wildman–Crippen LogP) is 5.09. The molecule has 7 heteroatoms. The fraction of sp³-hybridized carbons (Fsp3) is 0.500. The minimum Gasteiger partial charge on any atom is -0.354 e. The van der Waals surface area contributed by atoms with Crippen LogP contribution in [0.25, 0.3) is 16.2 Å². The molecule has 134 valence electrons. The van der Waals surface area contributed by atoms with Crippen LogP contribution in [0.3, 0.4) is 0 Å². The molecular weight excluding hydrogens is 354 g/mol. The first kappa shape index (κ1) is 18.1. The molecule has 0 aliphatic heterocycles. The summed E-state index contributed by atoms with van der Waals surface area (Å²) in [5.41, 5.74) is 5.06. The minimum absolute atomic E-state index is 0.480. The van der Waals surface area contributed by atoms with Crippen LogP contribution in [-0.4, -0.2) is 33.7 Å². The van der Waals surface area contributed by atoms with Gasteiger partial charge in [0.05, 0.1) is 16.3 Å². The lowest BCUT2D eigenvalue weighted by molar-refractivity contribution is 0.638. The average Bonchev–Trinajstić information content (AvgIpc) is 3.08. The molecule has 0 N–H and O–H groups in total. The number of fused-ring (bicyclic) bond motifs is 1. The van der Waals surface area contributed by atoms with Crippen molar-refractivity contribution in [2.45, 2.75) is 46.5 Å². The molecule has 0 amide bonds. The van der Waals surface area contributed by atoms with E-state index in [0.717, 1.165) is 45.6 Å². The number of hydrogen-bond acceptors (Lipinski definition) is 5. The Labute approximate surface area is 157 Å². The first-order valence-corrected chi connectivity index (χ1v) is 9.77. The van der Waals surface area contributed by atoms with Gasteiger partial charge in [-0.05, 0) is 38.7 Å². The topological polar surface area (TPSA) is 46.3 Å². The van der Waals surface area contributed by atoms with Crippen LogP contribution in [0.2, 0.25) is 5.15 Å². The Morgan fingerprint density at radius 2 is 1.88 bits per heavy atom. The Hall–Kier alpha value is -1.66. The van der Waals surface area contributed by atoms with Crippen LogP contribution in [0.1, 0.15) is 49.6 Å². The second-order valence-electron chi connectivity index (χ2n) is 6.55. The number of thiazole rings is 1. The summed E-state index contributed by atoms with van der Waals surface area (Å²) in [6, 6.07) is 2.17. The number of rotatable bonds is 5. The van der Waals surface area contributed by atoms with Gasteiger partial charge in [-0.15, -0.1) is 0 Å². The molecule has 3 aromatic rings. The lowest BCUT2D eigenvalue weighted by Crippen LogP contribution is -2.07. The third-order valence-electron chi connectivity index (χ3n) is 4.51. The van der Waals surface area contributed by atoms with Gasteiger partial charge in [-0.1, -0.05) is 36.8 Å². The quantitative estimate of drug-likeness (QED) is 0.621. The maximum absolute atomic E-state index is 6.45. The molecular formula is C18H24ClN5S. The van der Waals surface area contributed by atoms with Crippen LogP contribution in [-0.2, 0) is 0 Å². The van der Waals surface area contributed by atoms with E-state index in [4.69, 9.17) is 21.7 Å². The molecule has 0 fully saturated rings. The summed E-state index contributed by atoms with van der Waals surface area (Å²) >= 11 is 8.02. The highest BCUT2D eigenvalue weighted by molar-refractivity contribution is 7.19. The van der Waals surface area contributed by atoms with Crippen molar-refractivity contribution in [3.05, 3.63) is 28.2 Å². The van der Waals surface area contributed by atoms with Crippen molar-refractivity contribution in [3.8, 4) is 10.6 Å². The highest BCUT2D eigenvalue weighted by atomic mass is 35.5. The summed E-state index contributed by atoms with van der Waals surface area (Å²) < 4.78 is 1.96. The van der Waals surface area contributed by atoms with Crippen LogP contribution < -0.4 is 4.90 Å². The second-order valence-corrected chi connectivity index (χ2v) is 7.88. The summed E-state index contributed by atoms with van der Waals surface area (Å²) in [4.78, 5) is 12.2. The summed E-state index contributed by atoms with van der Waals surface area (Å²) in [5, 5.41) is 6.12. The number of halogens is 1. The van der Waals surface area contributed by atoms with E-state index in [-0.39, 0.29) is 0 Å². The lowest BCUT2D eigenvalue weighted by atomic mass is 9.95. The maximum atomic E-state index is 6.45. The third-order valence-corrected chi connectivity index (χ3v) is 6.12. The SMILES string of the molecule is CCC(CC)c1cc(C)nn2c(-c3sc(N(C)C)nc3Cl)c(C)nc12. The van der Waals surface area contributed by atoms with Gasteiger partial charge in [0, 0.05) is 19.7 Å². The molecule has 0 bridgehead atoms. The molecule has 0 radical (unpaired) electrons. The first-order chi connectivity index (χ1) is 11.9. The van der Waals surface area contributed by atoms with Gasteiger partial charge in [0.2, 0.25) is 0 Å². The zero-order chi connectivity index (χ0) is 18.3. The maximum Gasteiger partial charge on any atom is 0.186 e. The van der Waals surface area contributed by atoms with E-state index in [1.165, 1.54) is 5.56 Å². The van der Waals surface area contributed by atoms with Crippen molar-refractivity contribution in [3.63, 3.8) is 0 Å². The predicted molar refractivity (Wildman–Crippen MR) is 106 cm³/mol. The highest BCUT2D eigenvalue weighted by Gasteiger charge is 2.23. The van der Waals surface area contributed by atoms with Crippen LogP contribution in [0.5, 0.6) is 0 Å². The first-order valence-electron chi connectivity index (χ1n) is 8.58. The zero-order valence-electron chi connectivity index (χ0n) is 15.6. The molecule has 0 spiro atoms. The molecule has 5 nitrogen and oxygen atoms in total. The molecule has 3 heterocycles. The van der Waals surface area contributed by atoms with Gasteiger partial charge in [-0.2, -0.15) is 5.10 Å². The van der Waals surface area contributed by atoms with Crippen LogP contribution >= 0.6 is 22.9 Å². The number of aromatic nitrogens is 4. The van der Waals surface area contributed by atoms with Gasteiger partial charge in [0.1, 0.15) is 5.69 Å². The fourth-order valence-corrected chi connectivity index (χ4v) is 4.49. The van der Waals surface area contributed by atoms with Crippen molar-refractivity contribution in [1.29, 1.82) is 0 Å². The van der Waals surface area contributed by atoms with Crippen molar-refractivity contribution in [1.82, 2.24) is 19.6 Å². The van der Waals surface area contributed by atoms with Gasteiger partial charge in [-0.25, -0.2) is 14.5 Å². The molecule has 0 atom stereocenters. The molecule has 3 rings (SSSR count). The van der Waals surface area contributed by atoms with Crippen molar-refractivity contribution in [2.75, 3.05) is 19.0 Å². The number of anilines is 1. The van der Waals surface area contributed by atoms with Gasteiger partial charge in [-0.3, -0.25) is 0 Å². The molecule has 0 aliphatic rings. The number of aryl methyl sites for hydroxylation is 2. The van der Waals surface area contributed by atoms with Gasteiger partial charge in [0.15, 0.2) is 15.9 Å². The van der Waals surface area contributed by atoms with Crippen LogP contribution in [0.15, 0.2) is 6.07 Å². The van der Waals surface area contributed by atoms with E-state index in [2.05, 4.69) is 24.9 Å². The average molecular weight is 378 g/mol. The van der Waals surface area contributed by atoms with Crippen molar-refractivity contribution in [2.24, 2.45) is 0 Å². The molecule has 0 saturated carbocycles.